The Kier molecular flexibility index (Phi) is 19.2. The van der Waals surface area contributed by atoms with Crippen LogP contribution >= 0.6 is 0 Å². The molecular weight excluding hydrogens is 665 g/mol. The number of carboxylic acid groups (broad SMARTS) is 2. The highest BCUT2D eigenvalue weighted by Crippen LogP contribution is 2.38. The summed E-state index contributed by atoms with van der Waals surface area (Å²) in [6, 6.07) is 16.8. The normalized spacial score (nSPS) is 11.4. The SMILES string of the molecule is CCCN(CCC)CCCCCCCCCCN(CCC)CCC.O=C(O)c1cc2ccccc2c(Cc2c(O)c(C(=O)O)cc3ccccc23)c1O. The number of nitrogens with zero attached hydrogens (tertiary/aromatic N) is 2. The Hall–Kier alpha value is -4.14. The molecule has 0 saturated carbocycles. The number of rotatable bonds is 23. The van der Waals surface area contributed by atoms with Crippen LogP contribution in [-0.2, 0) is 6.42 Å². The van der Waals surface area contributed by atoms with Gasteiger partial charge < -0.3 is 30.2 Å². The summed E-state index contributed by atoms with van der Waals surface area (Å²) in [5, 5.41) is 42.8. The molecule has 0 aliphatic rings. The number of aromatic carboxylic acids is 2. The summed E-state index contributed by atoms with van der Waals surface area (Å²) in [6.07, 6.45) is 16.6. The number of phenols is 2. The van der Waals surface area contributed by atoms with E-state index in [0.29, 0.717) is 32.7 Å². The lowest BCUT2D eigenvalue weighted by Gasteiger charge is -2.20. The third-order valence-electron chi connectivity index (χ3n) is 9.93. The van der Waals surface area contributed by atoms with Crippen LogP contribution < -0.4 is 0 Å². The van der Waals surface area contributed by atoms with Gasteiger partial charge in [-0.3, -0.25) is 0 Å². The van der Waals surface area contributed by atoms with Gasteiger partial charge in [-0.2, -0.15) is 0 Å². The van der Waals surface area contributed by atoms with Crippen molar-refractivity contribution in [1.29, 1.82) is 0 Å². The molecule has 0 saturated heterocycles. The molecule has 0 heterocycles. The van der Waals surface area contributed by atoms with Gasteiger partial charge in [0.1, 0.15) is 22.6 Å². The molecule has 4 N–H and O–H groups in total. The monoisotopic (exact) mass is 728 g/mol. The van der Waals surface area contributed by atoms with Crippen LogP contribution in [0.2, 0.25) is 0 Å². The molecule has 0 atom stereocenters. The van der Waals surface area contributed by atoms with Crippen molar-refractivity contribution in [3.05, 3.63) is 82.9 Å². The lowest BCUT2D eigenvalue weighted by Crippen LogP contribution is -2.26. The number of fused-ring (bicyclic) bond motifs is 2. The molecule has 290 valence electrons. The molecule has 0 aliphatic heterocycles. The van der Waals surface area contributed by atoms with E-state index in [0.717, 1.165) is 0 Å². The highest BCUT2D eigenvalue weighted by Gasteiger charge is 2.22. The Morgan fingerprint density at radius 3 is 1.13 bits per heavy atom. The molecule has 8 heteroatoms. The zero-order valence-electron chi connectivity index (χ0n) is 32.7. The molecule has 4 aromatic rings. The lowest BCUT2D eigenvalue weighted by molar-refractivity contribution is 0.0682. The van der Waals surface area contributed by atoms with Crippen molar-refractivity contribution in [2.45, 2.75) is 111 Å². The fraction of sp³-hybridized carbons (Fsp3) is 0.511. The summed E-state index contributed by atoms with van der Waals surface area (Å²) >= 11 is 0. The minimum Gasteiger partial charge on any atom is -0.507 e. The Balaban J connectivity index is 0.000000292. The number of carbonyl (C=O) groups is 2. The summed E-state index contributed by atoms with van der Waals surface area (Å²) < 4.78 is 0. The molecule has 53 heavy (non-hydrogen) atoms. The predicted octanol–water partition coefficient (Wildman–Crippen LogP) is 10.7. The van der Waals surface area contributed by atoms with Gasteiger partial charge in [-0.25, -0.2) is 9.59 Å². The maximum Gasteiger partial charge on any atom is 0.339 e. The van der Waals surface area contributed by atoms with Crippen LogP contribution in [0.15, 0.2) is 60.7 Å². The van der Waals surface area contributed by atoms with Gasteiger partial charge in [0.2, 0.25) is 0 Å². The molecule has 0 radical (unpaired) electrons. The molecule has 0 fully saturated rings. The standard InChI is InChI=1S/C23H16O6.C22H48N2/c24-20-16(14-7-3-1-5-12(14)9-18(20)22(26)27)11-17-15-8-4-2-6-13(15)10-19(21(17)25)23(28)29;1-5-17-23(18-6-2)21-15-13-11-9-10-12-14-16-22-24(19-7-3)20-8-4/h1-10,24-25H,11H2,(H,26,27)(H,28,29);5-22H2,1-4H3. The van der Waals surface area contributed by atoms with E-state index in [1.807, 2.05) is 0 Å². The van der Waals surface area contributed by atoms with E-state index in [4.69, 9.17) is 0 Å². The summed E-state index contributed by atoms with van der Waals surface area (Å²) in [7, 11) is 0. The van der Waals surface area contributed by atoms with Crippen LogP contribution in [0.5, 0.6) is 11.5 Å². The third-order valence-corrected chi connectivity index (χ3v) is 9.93. The van der Waals surface area contributed by atoms with E-state index < -0.39 is 23.4 Å². The van der Waals surface area contributed by atoms with Crippen LogP contribution in [0.4, 0.5) is 0 Å². The van der Waals surface area contributed by atoms with Gasteiger partial charge in [0, 0.05) is 17.5 Å². The van der Waals surface area contributed by atoms with E-state index >= 15 is 0 Å². The number of unbranched alkanes of at least 4 members (excludes halogenated alkanes) is 7. The molecule has 8 nitrogen and oxygen atoms in total. The van der Waals surface area contributed by atoms with Gasteiger partial charge in [0.25, 0.3) is 0 Å². The van der Waals surface area contributed by atoms with Crippen LogP contribution in [0.25, 0.3) is 21.5 Å². The second-order valence-corrected chi connectivity index (χ2v) is 14.2. The zero-order chi connectivity index (χ0) is 38.6. The number of benzene rings is 4. The maximum absolute atomic E-state index is 11.6. The Bertz CT molecular complexity index is 1580. The van der Waals surface area contributed by atoms with Gasteiger partial charge in [-0.15, -0.1) is 0 Å². The van der Waals surface area contributed by atoms with E-state index in [-0.39, 0.29) is 17.5 Å². The molecule has 0 aromatic heterocycles. The summed E-state index contributed by atoms with van der Waals surface area (Å²) in [5.74, 6) is -3.36. The van der Waals surface area contributed by atoms with Crippen molar-refractivity contribution < 1.29 is 30.0 Å². The molecular formula is C45H64N2O6. The van der Waals surface area contributed by atoms with Crippen molar-refractivity contribution in [3.8, 4) is 11.5 Å². The lowest BCUT2D eigenvalue weighted by atomic mass is 9.90. The number of aromatic hydroxyl groups is 2. The molecule has 4 aromatic carbocycles. The third kappa shape index (κ3) is 13.3. The second-order valence-electron chi connectivity index (χ2n) is 14.2. The minimum absolute atomic E-state index is 0.0407. The largest absolute Gasteiger partial charge is 0.507 e. The van der Waals surface area contributed by atoms with E-state index in [1.54, 1.807) is 48.5 Å². The molecule has 4 rings (SSSR count). The zero-order valence-corrected chi connectivity index (χ0v) is 32.7. The fourth-order valence-electron chi connectivity index (χ4n) is 7.35. The van der Waals surface area contributed by atoms with E-state index in [9.17, 15) is 30.0 Å². The average Bonchev–Trinajstić information content (AvgIpc) is 3.14. The Morgan fingerprint density at radius 1 is 0.491 bits per heavy atom. The first kappa shape index (κ1) is 43.3. The van der Waals surface area contributed by atoms with Crippen molar-refractivity contribution in [3.63, 3.8) is 0 Å². The first-order valence-electron chi connectivity index (χ1n) is 20.0. The Morgan fingerprint density at radius 2 is 0.811 bits per heavy atom. The van der Waals surface area contributed by atoms with Crippen LogP contribution in [0.3, 0.4) is 0 Å². The Labute approximate surface area is 317 Å². The number of carboxylic acids is 2. The van der Waals surface area contributed by atoms with Gasteiger partial charge in [0.15, 0.2) is 0 Å². The van der Waals surface area contributed by atoms with Crippen molar-refractivity contribution in [2.24, 2.45) is 0 Å². The van der Waals surface area contributed by atoms with Crippen molar-refractivity contribution >= 4 is 33.5 Å². The number of hydrogen-bond acceptors (Lipinski definition) is 6. The highest BCUT2D eigenvalue weighted by molar-refractivity contribution is 6.02. The fourth-order valence-corrected chi connectivity index (χ4v) is 7.35. The van der Waals surface area contributed by atoms with E-state index in [2.05, 4.69) is 37.5 Å². The van der Waals surface area contributed by atoms with Crippen LogP contribution in [0.1, 0.15) is 137 Å². The topological polar surface area (TPSA) is 122 Å². The first-order chi connectivity index (χ1) is 25.7. The predicted molar refractivity (Wildman–Crippen MR) is 219 cm³/mol. The maximum atomic E-state index is 11.6. The molecule has 0 aliphatic carbocycles. The van der Waals surface area contributed by atoms with Crippen molar-refractivity contribution in [1.82, 2.24) is 9.80 Å². The van der Waals surface area contributed by atoms with Crippen LogP contribution in [0, 0.1) is 0 Å². The van der Waals surface area contributed by atoms with Crippen molar-refractivity contribution in [2.75, 3.05) is 39.3 Å². The van der Waals surface area contributed by atoms with Gasteiger partial charge in [-0.1, -0.05) is 115 Å². The van der Waals surface area contributed by atoms with Gasteiger partial charge >= 0.3 is 11.9 Å². The van der Waals surface area contributed by atoms with Crippen LogP contribution in [-0.4, -0.2) is 81.4 Å². The smallest absolute Gasteiger partial charge is 0.339 e. The summed E-state index contributed by atoms with van der Waals surface area (Å²) in [5.41, 5.74) is 0.112. The number of hydrogen-bond donors (Lipinski definition) is 4. The van der Waals surface area contributed by atoms with E-state index in [1.165, 1.54) is 128 Å². The molecule has 0 bridgehead atoms. The summed E-state index contributed by atoms with van der Waals surface area (Å²) in [4.78, 5) is 28.5. The minimum atomic E-state index is -1.28. The molecule has 0 spiro atoms. The summed E-state index contributed by atoms with van der Waals surface area (Å²) in [6.45, 7) is 17.0. The highest BCUT2D eigenvalue weighted by atomic mass is 16.4. The first-order valence-corrected chi connectivity index (χ1v) is 20.0. The second kappa shape index (κ2) is 23.5. The molecule has 0 unspecified atom stereocenters. The average molecular weight is 729 g/mol. The van der Waals surface area contributed by atoms with Gasteiger partial charge in [-0.05, 0) is 111 Å². The quantitative estimate of drug-likeness (QED) is 0.0557. The molecule has 0 amide bonds. The van der Waals surface area contributed by atoms with Gasteiger partial charge in [0.05, 0.1) is 0 Å².